The van der Waals surface area contributed by atoms with Crippen LogP contribution < -0.4 is 33.4 Å². The number of benzene rings is 3. The molecule has 0 aliphatic heterocycles. The number of anilines is 1. The second-order valence-electron chi connectivity index (χ2n) is 8.38. The number of nitrogens with zero attached hydrogens (tertiary/aromatic N) is 2. The Bertz CT molecular complexity index is 1550. The fraction of sp³-hybridized carbons (Fsp3) is 0.241. The first kappa shape index (κ1) is 32.1. The van der Waals surface area contributed by atoms with E-state index in [1.807, 2.05) is 6.92 Å². The Kier molecular flexibility index (Phi) is 11.5. The van der Waals surface area contributed by atoms with Gasteiger partial charge >= 0.3 is 0 Å². The average molecular weight is 618 g/mol. The summed E-state index contributed by atoms with van der Waals surface area (Å²) >= 11 is 6.20. The molecule has 0 atom stereocenters. The molecule has 0 saturated carbocycles. The summed E-state index contributed by atoms with van der Waals surface area (Å²) in [5.74, 6) is 1.01. The van der Waals surface area contributed by atoms with Gasteiger partial charge in [-0.25, -0.2) is 13.8 Å². The Labute approximate surface area is 250 Å². The van der Waals surface area contributed by atoms with Gasteiger partial charge in [-0.05, 0) is 61.0 Å². The summed E-state index contributed by atoms with van der Waals surface area (Å²) < 4.78 is 55.8. The lowest BCUT2D eigenvalue weighted by Crippen LogP contribution is -2.39. The van der Waals surface area contributed by atoms with E-state index >= 15 is 0 Å². The first-order chi connectivity index (χ1) is 20.2. The van der Waals surface area contributed by atoms with Gasteiger partial charge in [0.2, 0.25) is 0 Å². The van der Waals surface area contributed by atoms with Gasteiger partial charge in [0.1, 0.15) is 18.9 Å². The molecule has 0 aliphatic rings. The molecule has 224 valence electrons. The number of carbonyl (C=O) groups excluding carboxylic acids is 1. The minimum Gasteiger partial charge on any atom is -0.495 e. The van der Waals surface area contributed by atoms with E-state index in [0.717, 1.165) is 4.31 Å². The number of nitrogens with one attached hydrogen (secondary N) is 1. The van der Waals surface area contributed by atoms with Gasteiger partial charge in [0.25, 0.3) is 15.9 Å². The van der Waals surface area contributed by atoms with Crippen LogP contribution in [-0.4, -0.2) is 61.6 Å². The molecule has 13 heteroatoms. The number of methoxy groups -OCH3 is 3. The number of halogens is 1. The van der Waals surface area contributed by atoms with Crippen LogP contribution >= 0.6 is 11.6 Å². The molecule has 0 spiro atoms. The van der Waals surface area contributed by atoms with E-state index < -0.39 is 22.5 Å². The van der Waals surface area contributed by atoms with Crippen LogP contribution in [0.15, 0.2) is 77.2 Å². The summed E-state index contributed by atoms with van der Waals surface area (Å²) in [5, 5.41) is 4.23. The minimum atomic E-state index is -4.35. The van der Waals surface area contributed by atoms with Gasteiger partial charge in [0.05, 0.1) is 44.7 Å². The lowest BCUT2D eigenvalue weighted by molar-refractivity contribution is -0.119. The summed E-state index contributed by atoms with van der Waals surface area (Å²) in [6.45, 7) is 5.55. The van der Waals surface area contributed by atoms with Gasteiger partial charge in [0.15, 0.2) is 23.0 Å². The molecule has 0 bridgehead atoms. The first-order valence-electron chi connectivity index (χ1n) is 12.6. The monoisotopic (exact) mass is 617 g/mol. The van der Waals surface area contributed by atoms with Crippen LogP contribution in [0.25, 0.3) is 0 Å². The minimum absolute atomic E-state index is 0.0513. The maximum atomic E-state index is 13.9. The molecule has 1 N–H and O–H groups in total. The number of hydrazone groups is 1. The van der Waals surface area contributed by atoms with Crippen molar-refractivity contribution in [1.82, 2.24) is 5.43 Å². The topological polar surface area (TPSA) is 125 Å². The maximum Gasteiger partial charge on any atom is 0.265 e. The highest BCUT2D eigenvalue weighted by Gasteiger charge is 2.30. The zero-order valence-corrected chi connectivity index (χ0v) is 25.2. The number of amides is 1. The SMILES string of the molecule is C=CCOc1ccc(/C=N\NC(=O)CN(c2cc(Cl)ccc2OC)S(=O)(=O)c2ccc(OC)c(OC)c2)cc1OCC. The van der Waals surface area contributed by atoms with Gasteiger partial charge in [0, 0.05) is 11.1 Å². The van der Waals surface area contributed by atoms with E-state index in [4.69, 9.17) is 35.3 Å². The van der Waals surface area contributed by atoms with E-state index in [-0.39, 0.29) is 27.1 Å². The standard InChI is InChI=1S/C29H32ClN3O8S/c1-6-14-41-26-11-8-20(15-28(26)40-7-2)18-31-32-29(34)19-33(23-16-21(30)9-12-24(23)37-3)42(35,36)22-10-13-25(38-4)27(17-22)39-5/h6,8-13,15-18H,1,7,14,19H2,2-5H3,(H,32,34)/b31-18-. The normalized spacial score (nSPS) is 11.1. The highest BCUT2D eigenvalue weighted by atomic mass is 35.5. The predicted molar refractivity (Wildman–Crippen MR) is 161 cm³/mol. The lowest BCUT2D eigenvalue weighted by Gasteiger charge is -2.25. The molecule has 3 aromatic carbocycles. The zero-order valence-electron chi connectivity index (χ0n) is 23.6. The van der Waals surface area contributed by atoms with Crippen LogP contribution in [0.3, 0.4) is 0 Å². The zero-order chi connectivity index (χ0) is 30.7. The molecule has 0 aromatic heterocycles. The van der Waals surface area contributed by atoms with Crippen LogP contribution in [0.2, 0.25) is 5.02 Å². The van der Waals surface area contributed by atoms with Crippen molar-refractivity contribution in [1.29, 1.82) is 0 Å². The molecule has 3 rings (SSSR count). The van der Waals surface area contributed by atoms with E-state index in [1.54, 1.807) is 30.3 Å². The molecule has 0 radical (unpaired) electrons. The number of hydrogen-bond acceptors (Lipinski definition) is 9. The molecule has 3 aromatic rings. The average Bonchev–Trinajstić information content (AvgIpc) is 2.99. The summed E-state index contributed by atoms with van der Waals surface area (Å²) in [6, 6.07) is 13.7. The number of carbonyl (C=O) groups is 1. The summed E-state index contributed by atoms with van der Waals surface area (Å²) in [4.78, 5) is 12.9. The Morgan fingerprint density at radius 1 is 0.929 bits per heavy atom. The van der Waals surface area contributed by atoms with Gasteiger partial charge in [-0.1, -0.05) is 24.3 Å². The Morgan fingerprint density at radius 2 is 1.62 bits per heavy atom. The molecule has 0 saturated heterocycles. The predicted octanol–water partition coefficient (Wildman–Crippen LogP) is 4.67. The fourth-order valence-corrected chi connectivity index (χ4v) is 5.35. The van der Waals surface area contributed by atoms with Crippen molar-refractivity contribution in [2.45, 2.75) is 11.8 Å². The van der Waals surface area contributed by atoms with E-state index in [1.165, 1.54) is 57.9 Å². The first-order valence-corrected chi connectivity index (χ1v) is 14.4. The molecular formula is C29H32ClN3O8S. The second-order valence-corrected chi connectivity index (χ2v) is 10.7. The van der Waals surface area contributed by atoms with Gasteiger partial charge < -0.3 is 23.7 Å². The number of sulfonamides is 1. The van der Waals surface area contributed by atoms with Crippen molar-refractivity contribution in [3.8, 4) is 28.7 Å². The number of hydrogen-bond donors (Lipinski definition) is 1. The van der Waals surface area contributed by atoms with Crippen molar-refractivity contribution in [2.24, 2.45) is 5.10 Å². The molecule has 0 aliphatic carbocycles. The van der Waals surface area contributed by atoms with Crippen molar-refractivity contribution < 1.29 is 36.9 Å². The molecular weight excluding hydrogens is 586 g/mol. The highest BCUT2D eigenvalue weighted by molar-refractivity contribution is 7.92. The molecule has 1 amide bonds. The second kappa shape index (κ2) is 15.0. The maximum absolute atomic E-state index is 13.9. The van der Waals surface area contributed by atoms with Crippen LogP contribution in [0.1, 0.15) is 12.5 Å². The number of ether oxygens (including phenoxy) is 5. The van der Waals surface area contributed by atoms with Crippen LogP contribution in [0.5, 0.6) is 28.7 Å². The highest BCUT2D eigenvalue weighted by Crippen LogP contribution is 2.37. The summed E-state index contributed by atoms with van der Waals surface area (Å²) in [5.41, 5.74) is 3.03. The van der Waals surface area contributed by atoms with Gasteiger partial charge in [-0.2, -0.15) is 5.10 Å². The van der Waals surface area contributed by atoms with Crippen molar-refractivity contribution in [3.63, 3.8) is 0 Å². The van der Waals surface area contributed by atoms with Crippen molar-refractivity contribution >= 4 is 39.4 Å². The van der Waals surface area contributed by atoms with Crippen LogP contribution in [-0.2, 0) is 14.8 Å². The fourth-order valence-electron chi connectivity index (χ4n) is 3.75. The Hall–Kier alpha value is -4.42. The molecule has 11 nitrogen and oxygen atoms in total. The summed E-state index contributed by atoms with van der Waals surface area (Å²) in [7, 11) is -0.152. The smallest absolute Gasteiger partial charge is 0.265 e. The summed E-state index contributed by atoms with van der Waals surface area (Å²) in [6.07, 6.45) is 3.01. The third-order valence-electron chi connectivity index (χ3n) is 5.67. The van der Waals surface area contributed by atoms with Gasteiger partial charge in [-0.15, -0.1) is 0 Å². The van der Waals surface area contributed by atoms with E-state index in [9.17, 15) is 13.2 Å². The molecule has 42 heavy (non-hydrogen) atoms. The van der Waals surface area contributed by atoms with Crippen LogP contribution in [0.4, 0.5) is 5.69 Å². The molecule has 0 heterocycles. The van der Waals surface area contributed by atoms with Crippen molar-refractivity contribution in [3.05, 3.63) is 77.8 Å². The van der Waals surface area contributed by atoms with E-state index in [2.05, 4.69) is 17.1 Å². The third-order valence-corrected chi connectivity index (χ3v) is 7.66. The quantitative estimate of drug-likeness (QED) is 0.148. The van der Waals surface area contributed by atoms with Gasteiger partial charge in [-0.3, -0.25) is 9.10 Å². The Morgan fingerprint density at radius 3 is 2.29 bits per heavy atom. The van der Waals surface area contributed by atoms with Crippen molar-refractivity contribution in [2.75, 3.05) is 45.4 Å². The Balaban J connectivity index is 1.91. The third kappa shape index (κ3) is 7.86. The largest absolute Gasteiger partial charge is 0.495 e. The molecule has 0 unspecified atom stereocenters. The molecule has 0 fully saturated rings. The van der Waals surface area contributed by atoms with Crippen LogP contribution in [0, 0.1) is 0 Å². The lowest BCUT2D eigenvalue weighted by atomic mass is 10.2. The van der Waals surface area contributed by atoms with E-state index in [0.29, 0.717) is 36.0 Å². The number of rotatable bonds is 15.